The topological polar surface area (TPSA) is 93.0 Å². The second kappa shape index (κ2) is 6.19. The summed E-state index contributed by atoms with van der Waals surface area (Å²) in [5, 5.41) is 39.5. The molecule has 1 aromatic rings. The van der Waals surface area contributed by atoms with E-state index in [9.17, 15) is 10.2 Å². The highest BCUT2D eigenvalue weighted by Gasteiger charge is 2.09. The summed E-state index contributed by atoms with van der Waals surface area (Å²) in [5.41, 5.74) is 0.527. The lowest BCUT2D eigenvalue weighted by Crippen LogP contribution is -2.15. The monoisotopic (exact) mass is 227 g/mol. The third-order valence-corrected chi connectivity index (χ3v) is 2.29. The van der Waals surface area contributed by atoms with Gasteiger partial charge in [-0.1, -0.05) is 6.07 Å². The van der Waals surface area contributed by atoms with Crippen LogP contribution in [0.3, 0.4) is 0 Å². The van der Waals surface area contributed by atoms with E-state index < -0.39 is 5.75 Å². The standard InChI is InChI=1S/C11H17NO4/c13-6-2-1-5-12-7-8-3-4-9(14)11(16)10(8)15/h3-4,12-16H,1-2,5-7H2. The van der Waals surface area contributed by atoms with Crippen molar-refractivity contribution in [1.82, 2.24) is 5.32 Å². The molecule has 5 nitrogen and oxygen atoms in total. The Bertz CT molecular complexity index is 341. The molecule has 0 atom stereocenters. The van der Waals surface area contributed by atoms with E-state index in [1.54, 1.807) is 6.07 Å². The maximum atomic E-state index is 9.49. The number of hydrogen-bond acceptors (Lipinski definition) is 5. The predicted molar refractivity (Wildman–Crippen MR) is 59.5 cm³/mol. The van der Waals surface area contributed by atoms with Gasteiger partial charge in [-0.3, -0.25) is 0 Å². The van der Waals surface area contributed by atoms with Crippen LogP contribution < -0.4 is 5.32 Å². The van der Waals surface area contributed by atoms with Gasteiger partial charge in [-0.2, -0.15) is 0 Å². The second-order valence-corrected chi connectivity index (χ2v) is 3.55. The summed E-state index contributed by atoms with van der Waals surface area (Å²) < 4.78 is 0. The van der Waals surface area contributed by atoms with Crippen molar-refractivity contribution >= 4 is 0 Å². The number of rotatable bonds is 6. The largest absolute Gasteiger partial charge is 0.504 e. The molecule has 0 bridgehead atoms. The number of unbranched alkanes of at least 4 members (excludes halogenated alkanes) is 1. The van der Waals surface area contributed by atoms with Gasteiger partial charge in [-0.15, -0.1) is 0 Å². The van der Waals surface area contributed by atoms with Gasteiger partial charge >= 0.3 is 0 Å². The van der Waals surface area contributed by atoms with Crippen LogP contribution in [0.1, 0.15) is 18.4 Å². The van der Waals surface area contributed by atoms with Gasteiger partial charge < -0.3 is 25.7 Å². The minimum Gasteiger partial charge on any atom is -0.504 e. The molecule has 1 rings (SSSR count). The van der Waals surface area contributed by atoms with E-state index in [0.29, 0.717) is 12.1 Å². The summed E-state index contributed by atoms with van der Waals surface area (Å²) in [6.45, 7) is 1.31. The number of aliphatic hydroxyl groups excluding tert-OH is 1. The highest BCUT2D eigenvalue weighted by molar-refractivity contribution is 5.52. The highest BCUT2D eigenvalue weighted by Crippen LogP contribution is 2.36. The average Bonchev–Trinajstić information content (AvgIpc) is 2.28. The molecule has 0 aromatic heterocycles. The molecule has 0 unspecified atom stereocenters. The third kappa shape index (κ3) is 3.29. The summed E-state index contributed by atoms with van der Waals surface area (Å²) in [6, 6.07) is 2.88. The van der Waals surface area contributed by atoms with Crippen LogP contribution in [0.4, 0.5) is 0 Å². The van der Waals surface area contributed by atoms with E-state index in [-0.39, 0.29) is 18.1 Å². The van der Waals surface area contributed by atoms with E-state index in [1.807, 2.05) is 0 Å². The van der Waals surface area contributed by atoms with Crippen LogP contribution in [0.5, 0.6) is 17.2 Å². The Morgan fingerprint density at radius 1 is 1.00 bits per heavy atom. The Morgan fingerprint density at radius 3 is 2.44 bits per heavy atom. The van der Waals surface area contributed by atoms with E-state index in [1.165, 1.54) is 6.07 Å². The summed E-state index contributed by atoms with van der Waals surface area (Å²) >= 11 is 0. The Hall–Kier alpha value is -1.46. The molecule has 0 aliphatic heterocycles. The lowest BCUT2D eigenvalue weighted by Gasteiger charge is -2.08. The molecule has 0 heterocycles. The first-order valence-corrected chi connectivity index (χ1v) is 5.21. The lowest BCUT2D eigenvalue weighted by molar-refractivity contribution is 0.283. The van der Waals surface area contributed by atoms with Crippen LogP contribution in [0, 0.1) is 0 Å². The number of benzene rings is 1. The van der Waals surface area contributed by atoms with Crippen LogP contribution in [0.2, 0.25) is 0 Å². The van der Waals surface area contributed by atoms with Gasteiger partial charge in [0.1, 0.15) is 0 Å². The first-order valence-electron chi connectivity index (χ1n) is 5.21. The van der Waals surface area contributed by atoms with Crippen LogP contribution >= 0.6 is 0 Å². The molecule has 0 saturated heterocycles. The molecule has 0 fully saturated rings. The Labute approximate surface area is 94.0 Å². The fourth-order valence-electron chi connectivity index (χ4n) is 1.34. The van der Waals surface area contributed by atoms with Crippen molar-refractivity contribution in [1.29, 1.82) is 0 Å². The summed E-state index contributed by atoms with van der Waals surface area (Å²) in [6.07, 6.45) is 1.58. The van der Waals surface area contributed by atoms with E-state index in [0.717, 1.165) is 19.4 Å². The number of phenolic OH excluding ortho intramolecular Hbond substituents is 3. The summed E-state index contributed by atoms with van der Waals surface area (Å²) in [4.78, 5) is 0. The maximum absolute atomic E-state index is 9.49. The van der Waals surface area contributed by atoms with Crippen molar-refractivity contribution in [3.63, 3.8) is 0 Å². The Morgan fingerprint density at radius 2 is 1.75 bits per heavy atom. The van der Waals surface area contributed by atoms with E-state index >= 15 is 0 Å². The maximum Gasteiger partial charge on any atom is 0.200 e. The summed E-state index contributed by atoms with van der Waals surface area (Å²) in [5.74, 6) is -1.12. The van der Waals surface area contributed by atoms with Gasteiger partial charge in [0.25, 0.3) is 0 Å². The molecular formula is C11H17NO4. The highest BCUT2D eigenvalue weighted by atomic mass is 16.3. The molecule has 0 amide bonds. The molecule has 5 N–H and O–H groups in total. The number of phenols is 3. The van der Waals surface area contributed by atoms with Crippen LogP contribution in [-0.4, -0.2) is 33.6 Å². The number of aromatic hydroxyl groups is 3. The molecule has 16 heavy (non-hydrogen) atoms. The zero-order valence-electron chi connectivity index (χ0n) is 8.98. The molecule has 1 aromatic carbocycles. The average molecular weight is 227 g/mol. The summed E-state index contributed by atoms with van der Waals surface area (Å²) in [7, 11) is 0. The molecule has 5 heteroatoms. The molecule has 90 valence electrons. The van der Waals surface area contributed by atoms with Gasteiger partial charge in [-0.25, -0.2) is 0 Å². The molecule has 0 radical (unpaired) electrons. The fraction of sp³-hybridized carbons (Fsp3) is 0.455. The molecule has 0 aliphatic carbocycles. The van der Waals surface area contributed by atoms with Gasteiger partial charge in [0.05, 0.1) is 0 Å². The molecule has 0 aliphatic rings. The number of hydrogen-bond donors (Lipinski definition) is 5. The fourth-order valence-corrected chi connectivity index (χ4v) is 1.34. The Kier molecular flexibility index (Phi) is 4.88. The first-order chi connectivity index (χ1) is 7.66. The van der Waals surface area contributed by atoms with Crippen LogP contribution in [0.15, 0.2) is 12.1 Å². The lowest BCUT2D eigenvalue weighted by atomic mass is 10.1. The van der Waals surface area contributed by atoms with Crippen molar-refractivity contribution in [3.8, 4) is 17.2 Å². The molecule has 0 saturated carbocycles. The Balaban J connectivity index is 2.45. The first kappa shape index (κ1) is 12.6. The number of aliphatic hydroxyl groups is 1. The normalized spacial score (nSPS) is 10.6. The van der Waals surface area contributed by atoms with Gasteiger partial charge in [0.2, 0.25) is 5.75 Å². The van der Waals surface area contributed by atoms with Gasteiger partial charge in [-0.05, 0) is 25.5 Å². The van der Waals surface area contributed by atoms with Crippen molar-refractivity contribution in [2.24, 2.45) is 0 Å². The zero-order chi connectivity index (χ0) is 12.0. The van der Waals surface area contributed by atoms with Crippen molar-refractivity contribution in [2.45, 2.75) is 19.4 Å². The van der Waals surface area contributed by atoms with Crippen molar-refractivity contribution in [3.05, 3.63) is 17.7 Å². The molecule has 0 spiro atoms. The minimum atomic E-state index is -0.491. The van der Waals surface area contributed by atoms with Crippen molar-refractivity contribution in [2.75, 3.05) is 13.2 Å². The van der Waals surface area contributed by atoms with Gasteiger partial charge in [0.15, 0.2) is 11.5 Å². The number of nitrogens with one attached hydrogen (secondary N) is 1. The quantitative estimate of drug-likeness (QED) is 0.364. The minimum absolute atomic E-state index is 0.174. The van der Waals surface area contributed by atoms with E-state index in [4.69, 9.17) is 10.2 Å². The van der Waals surface area contributed by atoms with Crippen LogP contribution in [0.25, 0.3) is 0 Å². The zero-order valence-corrected chi connectivity index (χ0v) is 8.98. The third-order valence-electron chi connectivity index (χ3n) is 2.29. The molecular weight excluding hydrogens is 210 g/mol. The van der Waals surface area contributed by atoms with Crippen LogP contribution in [-0.2, 0) is 6.54 Å². The predicted octanol–water partition coefficient (Wildman–Crippen LogP) is 0.665. The SMILES string of the molecule is OCCCCNCc1ccc(O)c(O)c1O. The van der Waals surface area contributed by atoms with Gasteiger partial charge in [0, 0.05) is 18.7 Å². The smallest absolute Gasteiger partial charge is 0.200 e. The van der Waals surface area contributed by atoms with E-state index in [2.05, 4.69) is 5.32 Å². The second-order valence-electron chi connectivity index (χ2n) is 3.55. The van der Waals surface area contributed by atoms with Crippen molar-refractivity contribution < 1.29 is 20.4 Å².